The number of carbonyl (C=O) groups excluding carboxylic acids is 1. The molecule has 0 bridgehead atoms. The number of β-amino-alcohol motifs (C(OH)–C–C–N with tert-alkyl or cyclic N) is 1. The van der Waals surface area contributed by atoms with E-state index >= 15 is 0 Å². The second-order valence-electron chi connectivity index (χ2n) is 7.08. The van der Waals surface area contributed by atoms with Crippen molar-refractivity contribution in [3.8, 4) is 0 Å². The van der Waals surface area contributed by atoms with Gasteiger partial charge in [0, 0.05) is 13.0 Å². The number of hydrogen-bond acceptors (Lipinski definition) is 5. The van der Waals surface area contributed by atoms with Gasteiger partial charge in [-0.05, 0) is 54.8 Å². The van der Waals surface area contributed by atoms with Crippen LogP contribution >= 0.6 is 23.2 Å². The molecule has 2 aromatic rings. The molecule has 0 unspecified atom stereocenters. The van der Waals surface area contributed by atoms with Gasteiger partial charge in [-0.2, -0.15) is 4.31 Å². The van der Waals surface area contributed by atoms with Crippen molar-refractivity contribution in [1.82, 2.24) is 4.31 Å². The molecule has 1 saturated heterocycles. The SMILES string of the molecule is Cc1ccc(S(=O)(=O)N2C[C@H](O)C[C@H]2C(=O)OCc2ccc(Cl)c(Cl)c2)cc1C. The van der Waals surface area contributed by atoms with Crippen LogP contribution in [0.4, 0.5) is 0 Å². The van der Waals surface area contributed by atoms with Crippen LogP contribution in [-0.2, 0) is 26.2 Å². The van der Waals surface area contributed by atoms with Crippen LogP contribution < -0.4 is 0 Å². The van der Waals surface area contributed by atoms with Crippen molar-refractivity contribution in [1.29, 1.82) is 0 Å². The third kappa shape index (κ3) is 4.75. The highest BCUT2D eigenvalue weighted by atomic mass is 35.5. The number of halogens is 2. The lowest BCUT2D eigenvalue weighted by atomic mass is 10.1. The van der Waals surface area contributed by atoms with Crippen molar-refractivity contribution in [2.45, 2.75) is 43.9 Å². The topological polar surface area (TPSA) is 83.9 Å². The number of sulfonamides is 1. The minimum Gasteiger partial charge on any atom is -0.460 e. The standard InChI is InChI=1S/C20H21Cl2NO5S/c1-12-3-5-16(7-13(12)2)29(26,27)23-10-15(24)9-19(23)20(25)28-11-14-4-6-17(21)18(22)8-14/h3-8,15,19,24H,9-11H2,1-2H3/t15-,19+/m1/s1. The van der Waals surface area contributed by atoms with Gasteiger partial charge >= 0.3 is 5.97 Å². The summed E-state index contributed by atoms with van der Waals surface area (Å²) in [4.78, 5) is 12.7. The van der Waals surface area contributed by atoms with Crippen molar-refractivity contribution < 1.29 is 23.1 Å². The molecule has 0 radical (unpaired) electrons. The monoisotopic (exact) mass is 457 g/mol. The molecule has 0 spiro atoms. The van der Waals surface area contributed by atoms with Crippen molar-refractivity contribution in [2.24, 2.45) is 0 Å². The van der Waals surface area contributed by atoms with E-state index in [1.54, 1.807) is 30.3 Å². The smallest absolute Gasteiger partial charge is 0.324 e. The highest BCUT2D eigenvalue weighted by molar-refractivity contribution is 7.89. The predicted octanol–water partition coefficient (Wildman–Crippen LogP) is 3.48. The highest BCUT2D eigenvalue weighted by Crippen LogP contribution is 2.29. The summed E-state index contributed by atoms with van der Waals surface area (Å²) in [6.07, 6.45) is -0.969. The lowest BCUT2D eigenvalue weighted by Gasteiger charge is -2.23. The number of benzene rings is 2. The maximum atomic E-state index is 13.1. The van der Waals surface area contributed by atoms with E-state index in [0.29, 0.717) is 15.6 Å². The van der Waals surface area contributed by atoms with Crippen molar-refractivity contribution in [3.63, 3.8) is 0 Å². The Morgan fingerprint density at radius 3 is 2.52 bits per heavy atom. The molecule has 0 amide bonds. The van der Waals surface area contributed by atoms with Crippen LogP contribution in [-0.4, -0.2) is 42.5 Å². The van der Waals surface area contributed by atoms with Gasteiger partial charge < -0.3 is 9.84 Å². The highest BCUT2D eigenvalue weighted by Gasteiger charge is 2.44. The molecule has 2 atom stereocenters. The van der Waals surface area contributed by atoms with Crippen molar-refractivity contribution >= 4 is 39.2 Å². The summed E-state index contributed by atoms with van der Waals surface area (Å²) < 4.78 is 32.5. The molecule has 156 valence electrons. The lowest BCUT2D eigenvalue weighted by molar-refractivity contribution is -0.148. The Kier molecular flexibility index (Phi) is 6.55. The zero-order valence-electron chi connectivity index (χ0n) is 15.9. The van der Waals surface area contributed by atoms with Crippen LogP contribution in [0.2, 0.25) is 10.0 Å². The quantitative estimate of drug-likeness (QED) is 0.694. The average Bonchev–Trinajstić information content (AvgIpc) is 3.07. The van der Waals surface area contributed by atoms with E-state index < -0.39 is 28.1 Å². The van der Waals surface area contributed by atoms with Gasteiger partial charge in [-0.1, -0.05) is 35.3 Å². The van der Waals surface area contributed by atoms with Crippen LogP contribution in [0.15, 0.2) is 41.3 Å². The molecular weight excluding hydrogens is 437 g/mol. The number of aryl methyl sites for hydroxylation is 2. The first kappa shape index (κ1) is 22.1. The fraction of sp³-hybridized carbons (Fsp3) is 0.350. The van der Waals surface area contributed by atoms with Crippen LogP contribution in [0.5, 0.6) is 0 Å². The molecular formula is C20H21Cl2NO5S. The number of aliphatic hydroxyl groups excluding tert-OH is 1. The molecule has 1 aliphatic heterocycles. The predicted molar refractivity (Wildman–Crippen MR) is 110 cm³/mol. The lowest BCUT2D eigenvalue weighted by Crippen LogP contribution is -2.41. The molecule has 1 N–H and O–H groups in total. The number of esters is 1. The summed E-state index contributed by atoms with van der Waals surface area (Å²) in [5.41, 5.74) is 2.41. The number of hydrogen-bond donors (Lipinski definition) is 1. The van der Waals surface area contributed by atoms with Gasteiger partial charge in [0.15, 0.2) is 0 Å². The maximum Gasteiger partial charge on any atom is 0.324 e. The van der Waals surface area contributed by atoms with E-state index in [0.717, 1.165) is 15.4 Å². The second kappa shape index (κ2) is 8.62. The summed E-state index contributed by atoms with van der Waals surface area (Å²) in [5, 5.41) is 10.7. The van der Waals surface area contributed by atoms with E-state index in [9.17, 15) is 18.3 Å². The summed E-state index contributed by atoms with van der Waals surface area (Å²) in [7, 11) is -3.97. The van der Waals surface area contributed by atoms with Crippen molar-refractivity contribution in [3.05, 3.63) is 63.1 Å². The number of nitrogens with zero attached hydrogens (tertiary/aromatic N) is 1. The molecule has 3 rings (SSSR count). The molecule has 1 fully saturated rings. The van der Waals surface area contributed by atoms with Crippen LogP contribution in [0.25, 0.3) is 0 Å². The summed E-state index contributed by atoms with van der Waals surface area (Å²) in [6.45, 7) is 3.45. The number of ether oxygens (including phenoxy) is 1. The zero-order valence-corrected chi connectivity index (χ0v) is 18.3. The molecule has 1 aliphatic rings. The Labute approximate surface area is 180 Å². The summed E-state index contributed by atoms with van der Waals surface area (Å²) in [6, 6.07) is 8.50. The Hall–Kier alpha value is -1.64. The van der Waals surface area contributed by atoms with Gasteiger partial charge in [0.2, 0.25) is 10.0 Å². The van der Waals surface area contributed by atoms with E-state index in [-0.39, 0.29) is 24.5 Å². The minimum absolute atomic E-state index is 0.0235. The Bertz CT molecular complexity index is 1040. The van der Waals surface area contributed by atoms with Gasteiger partial charge in [0.05, 0.1) is 21.0 Å². The first-order chi connectivity index (χ1) is 13.6. The normalized spacial score (nSPS) is 20.0. The van der Waals surface area contributed by atoms with Crippen LogP contribution in [0.1, 0.15) is 23.1 Å². The maximum absolute atomic E-state index is 13.1. The number of rotatable bonds is 5. The fourth-order valence-corrected chi connectivity index (χ4v) is 5.19. The molecule has 2 aromatic carbocycles. The van der Waals surface area contributed by atoms with Gasteiger partial charge in [-0.3, -0.25) is 4.79 Å². The molecule has 1 heterocycles. The third-order valence-electron chi connectivity index (χ3n) is 4.96. The van der Waals surface area contributed by atoms with Gasteiger partial charge in [0.25, 0.3) is 0 Å². The molecule has 0 aliphatic carbocycles. The van der Waals surface area contributed by atoms with E-state index in [1.165, 1.54) is 6.07 Å². The van der Waals surface area contributed by atoms with E-state index in [4.69, 9.17) is 27.9 Å². The molecule has 0 aromatic heterocycles. The largest absolute Gasteiger partial charge is 0.460 e. The van der Waals surface area contributed by atoms with Gasteiger partial charge in [-0.15, -0.1) is 0 Å². The second-order valence-corrected chi connectivity index (χ2v) is 9.79. The Morgan fingerprint density at radius 2 is 1.86 bits per heavy atom. The van der Waals surface area contributed by atoms with E-state index in [2.05, 4.69) is 0 Å². The Morgan fingerprint density at radius 1 is 1.14 bits per heavy atom. The van der Waals surface area contributed by atoms with Crippen LogP contribution in [0.3, 0.4) is 0 Å². The molecule has 9 heteroatoms. The first-order valence-electron chi connectivity index (χ1n) is 8.97. The van der Waals surface area contributed by atoms with Gasteiger partial charge in [0.1, 0.15) is 12.6 Å². The zero-order chi connectivity index (χ0) is 21.3. The van der Waals surface area contributed by atoms with Crippen LogP contribution in [0, 0.1) is 13.8 Å². The fourth-order valence-electron chi connectivity index (χ4n) is 3.15. The van der Waals surface area contributed by atoms with E-state index in [1.807, 2.05) is 13.8 Å². The number of carbonyl (C=O) groups is 1. The molecule has 0 saturated carbocycles. The third-order valence-corrected chi connectivity index (χ3v) is 7.57. The molecule has 29 heavy (non-hydrogen) atoms. The van der Waals surface area contributed by atoms with Crippen molar-refractivity contribution in [2.75, 3.05) is 6.54 Å². The summed E-state index contributed by atoms with van der Waals surface area (Å²) in [5.74, 6) is -0.722. The molecule has 6 nitrogen and oxygen atoms in total. The average molecular weight is 458 g/mol. The number of aliphatic hydroxyl groups is 1. The summed E-state index contributed by atoms with van der Waals surface area (Å²) >= 11 is 11.8. The van der Waals surface area contributed by atoms with Gasteiger partial charge in [-0.25, -0.2) is 8.42 Å². The Balaban J connectivity index is 1.79. The first-order valence-corrected chi connectivity index (χ1v) is 11.2. The minimum atomic E-state index is -3.97.